The number of hydrogen-bond acceptors (Lipinski definition) is 5. The van der Waals surface area contributed by atoms with E-state index in [1.807, 2.05) is 30.3 Å². The zero-order valence-electron chi connectivity index (χ0n) is 9.67. The molecule has 18 heavy (non-hydrogen) atoms. The van der Waals surface area contributed by atoms with E-state index in [1.54, 1.807) is 0 Å². The van der Waals surface area contributed by atoms with Crippen LogP contribution < -0.4 is 5.32 Å². The number of aromatic nitrogens is 2. The molecule has 5 nitrogen and oxygen atoms in total. The van der Waals surface area contributed by atoms with Gasteiger partial charge in [-0.2, -0.15) is 0 Å². The highest BCUT2D eigenvalue weighted by Gasteiger charge is 2.06. The number of rotatable bonds is 6. The summed E-state index contributed by atoms with van der Waals surface area (Å²) in [6.07, 6.45) is 0.521. The smallest absolute Gasteiger partial charge is 0.303 e. The molecule has 0 radical (unpaired) electrons. The fourth-order valence-electron chi connectivity index (χ4n) is 1.41. The van der Waals surface area contributed by atoms with Crippen molar-refractivity contribution in [3.05, 3.63) is 40.9 Å². The fourth-order valence-corrected chi connectivity index (χ4v) is 2.15. The maximum absolute atomic E-state index is 10.4. The highest BCUT2D eigenvalue weighted by Crippen LogP contribution is 2.17. The van der Waals surface area contributed by atoms with Crippen LogP contribution in [-0.2, 0) is 17.8 Å². The fraction of sp³-hybridized carbons (Fsp3) is 0.250. The Balaban J connectivity index is 1.85. The van der Waals surface area contributed by atoms with Crippen molar-refractivity contribution >= 4 is 22.4 Å². The number of carboxylic acid groups (broad SMARTS) is 1. The minimum Gasteiger partial charge on any atom is -0.481 e. The second-order valence-corrected chi connectivity index (χ2v) is 4.80. The monoisotopic (exact) mass is 263 g/mol. The minimum atomic E-state index is -0.816. The average Bonchev–Trinajstić information content (AvgIpc) is 2.83. The molecule has 0 saturated heterocycles. The first-order valence-electron chi connectivity index (χ1n) is 5.56. The van der Waals surface area contributed by atoms with Gasteiger partial charge >= 0.3 is 5.97 Å². The van der Waals surface area contributed by atoms with E-state index in [1.165, 1.54) is 16.9 Å². The lowest BCUT2D eigenvalue weighted by molar-refractivity contribution is -0.136. The van der Waals surface area contributed by atoms with Crippen molar-refractivity contribution in [3.8, 4) is 0 Å². The Morgan fingerprint density at radius 3 is 2.78 bits per heavy atom. The summed E-state index contributed by atoms with van der Waals surface area (Å²) in [7, 11) is 0. The summed E-state index contributed by atoms with van der Waals surface area (Å²) >= 11 is 1.40. The highest BCUT2D eigenvalue weighted by atomic mass is 32.1. The number of carboxylic acids is 1. The zero-order valence-corrected chi connectivity index (χ0v) is 10.5. The first kappa shape index (κ1) is 12.5. The van der Waals surface area contributed by atoms with Crippen molar-refractivity contribution in [2.24, 2.45) is 0 Å². The average molecular weight is 263 g/mol. The van der Waals surface area contributed by atoms with Gasteiger partial charge in [-0.05, 0) is 5.56 Å². The van der Waals surface area contributed by atoms with Crippen LogP contribution in [0.25, 0.3) is 0 Å². The van der Waals surface area contributed by atoms with E-state index < -0.39 is 5.97 Å². The Morgan fingerprint density at radius 2 is 2.06 bits per heavy atom. The Bertz CT molecular complexity index is 513. The molecule has 0 atom stereocenters. The maximum Gasteiger partial charge on any atom is 0.303 e. The van der Waals surface area contributed by atoms with Crippen molar-refractivity contribution in [2.45, 2.75) is 19.4 Å². The van der Waals surface area contributed by atoms with Crippen molar-refractivity contribution in [1.82, 2.24) is 10.2 Å². The standard InChI is InChI=1S/C12H13N3O2S/c16-11(17)7-6-10-14-15-12(18-10)13-8-9-4-2-1-3-5-9/h1-5H,6-8H2,(H,13,15)(H,16,17). The van der Waals surface area contributed by atoms with Crippen LogP contribution in [0.1, 0.15) is 17.0 Å². The quantitative estimate of drug-likeness (QED) is 0.835. The number of nitrogens with zero attached hydrogens (tertiary/aromatic N) is 2. The number of aryl methyl sites for hydroxylation is 1. The summed E-state index contributed by atoms with van der Waals surface area (Å²) in [5, 5.41) is 21.1. The van der Waals surface area contributed by atoms with Crippen LogP contribution in [0.15, 0.2) is 30.3 Å². The van der Waals surface area contributed by atoms with Crippen molar-refractivity contribution < 1.29 is 9.90 Å². The van der Waals surface area contributed by atoms with E-state index in [-0.39, 0.29) is 6.42 Å². The number of hydrogen-bond donors (Lipinski definition) is 2. The van der Waals surface area contributed by atoms with Crippen LogP contribution in [0, 0.1) is 0 Å². The Labute approximate surface area is 109 Å². The molecule has 1 heterocycles. The van der Waals surface area contributed by atoms with Crippen LogP contribution in [0.4, 0.5) is 5.13 Å². The number of anilines is 1. The van der Waals surface area contributed by atoms with Gasteiger partial charge in [0.1, 0.15) is 5.01 Å². The minimum absolute atomic E-state index is 0.0906. The number of nitrogens with one attached hydrogen (secondary N) is 1. The van der Waals surface area contributed by atoms with Crippen LogP contribution >= 0.6 is 11.3 Å². The first-order valence-corrected chi connectivity index (χ1v) is 6.37. The van der Waals surface area contributed by atoms with Crippen LogP contribution in [0.5, 0.6) is 0 Å². The van der Waals surface area contributed by atoms with Gasteiger partial charge in [0.15, 0.2) is 0 Å². The molecule has 0 saturated carbocycles. The van der Waals surface area contributed by atoms with Gasteiger partial charge in [-0.3, -0.25) is 4.79 Å². The molecule has 6 heteroatoms. The van der Waals surface area contributed by atoms with Gasteiger partial charge in [-0.1, -0.05) is 41.7 Å². The summed E-state index contributed by atoms with van der Waals surface area (Å²) in [6, 6.07) is 9.99. The predicted octanol–water partition coefficient (Wildman–Crippen LogP) is 2.17. The maximum atomic E-state index is 10.4. The summed E-state index contributed by atoms with van der Waals surface area (Å²) in [5.41, 5.74) is 1.17. The predicted molar refractivity (Wildman–Crippen MR) is 69.6 cm³/mol. The Kier molecular flexibility index (Phi) is 4.25. The molecule has 0 bridgehead atoms. The third-order valence-corrected chi connectivity index (χ3v) is 3.25. The number of benzene rings is 1. The highest BCUT2D eigenvalue weighted by molar-refractivity contribution is 7.15. The molecule has 2 aromatic rings. The molecular weight excluding hydrogens is 250 g/mol. The number of carbonyl (C=O) groups is 1. The van der Waals surface area contributed by atoms with Gasteiger partial charge in [0, 0.05) is 13.0 Å². The topological polar surface area (TPSA) is 75.1 Å². The molecule has 0 aliphatic heterocycles. The normalized spacial score (nSPS) is 10.2. The van der Waals surface area contributed by atoms with E-state index in [0.717, 1.165) is 10.1 Å². The van der Waals surface area contributed by atoms with Gasteiger partial charge < -0.3 is 10.4 Å². The largest absolute Gasteiger partial charge is 0.481 e. The molecule has 0 aliphatic rings. The summed E-state index contributed by atoms with van der Waals surface area (Å²) in [5.74, 6) is -0.816. The number of aliphatic carboxylic acids is 1. The Morgan fingerprint density at radius 1 is 1.28 bits per heavy atom. The molecule has 0 fully saturated rings. The van der Waals surface area contributed by atoms with E-state index in [0.29, 0.717) is 13.0 Å². The molecule has 94 valence electrons. The van der Waals surface area contributed by atoms with E-state index >= 15 is 0 Å². The second kappa shape index (κ2) is 6.11. The summed E-state index contributed by atoms with van der Waals surface area (Å²) in [4.78, 5) is 10.4. The molecule has 1 aromatic heterocycles. The van der Waals surface area contributed by atoms with Crippen LogP contribution in [-0.4, -0.2) is 21.3 Å². The third kappa shape index (κ3) is 3.81. The van der Waals surface area contributed by atoms with E-state index in [4.69, 9.17) is 5.11 Å². The van der Waals surface area contributed by atoms with Gasteiger partial charge in [0.25, 0.3) is 0 Å². The van der Waals surface area contributed by atoms with Gasteiger partial charge in [0.05, 0.1) is 6.42 Å². The van der Waals surface area contributed by atoms with E-state index in [9.17, 15) is 4.79 Å². The lowest BCUT2D eigenvalue weighted by Gasteiger charge is -2.00. The lowest BCUT2D eigenvalue weighted by Crippen LogP contribution is -1.98. The summed E-state index contributed by atoms with van der Waals surface area (Å²) in [6.45, 7) is 0.689. The Hall–Kier alpha value is -1.95. The molecule has 0 amide bonds. The zero-order chi connectivity index (χ0) is 12.8. The van der Waals surface area contributed by atoms with Gasteiger partial charge in [0.2, 0.25) is 5.13 Å². The second-order valence-electron chi connectivity index (χ2n) is 3.73. The summed E-state index contributed by atoms with van der Waals surface area (Å²) < 4.78 is 0. The molecule has 2 rings (SSSR count). The van der Waals surface area contributed by atoms with Crippen molar-refractivity contribution in [2.75, 3.05) is 5.32 Å². The molecule has 1 aromatic carbocycles. The molecule has 0 spiro atoms. The van der Waals surface area contributed by atoms with Crippen molar-refractivity contribution in [1.29, 1.82) is 0 Å². The van der Waals surface area contributed by atoms with E-state index in [2.05, 4.69) is 15.5 Å². The lowest BCUT2D eigenvalue weighted by atomic mass is 10.2. The third-order valence-electron chi connectivity index (χ3n) is 2.31. The first-order chi connectivity index (χ1) is 8.74. The molecule has 0 aliphatic carbocycles. The van der Waals surface area contributed by atoms with Crippen LogP contribution in [0.2, 0.25) is 0 Å². The SMILES string of the molecule is O=C(O)CCc1nnc(NCc2ccccc2)s1. The molecule has 0 unspecified atom stereocenters. The van der Waals surface area contributed by atoms with Gasteiger partial charge in [-0.25, -0.2) is 0 Å². The molecular formula is C12H13N3O2S. The van der Waals surface area contributed by atoms with Crippen molar-refractivity contribution in [3.63, 3.8) is 0 Å². The van der Waals surface area contributed by atoms with Gasteiger partial charge in [-0.15, -0.1) is 10.2 Å². The van der Waals surface area contributed by atoms with Crippen LogP contribution in [0.3, 0.4) is 0 Å². The molecule has 2 N–H and O–H groups in total.